The minimum Gasteiger partial charge on any atom is -0.478 e. The first kappa shape index (κ1) is 14.1. The van der Waals surface area contributed by atoms with Gasteiger partial charge in [0.25, 0.3) is 0 Å². The number of carbonyl (C=O) groups is 1. The van der Waals surface area contributed by atoms with Gasteiger partial charge in [0.15, 0.2) is 0 Å². The molecule has 22 heavy (non-hydrogen) atoms. The van der Waals surface area contributed by atoms with Crippen LogP contribution in [0.25, 0.3) is 11.1 Å². The van der Waals surface area contributed by atoms with Gasteiger partial charge in [-0.15, -0.1) is 0 Å². The molecule has 0 fully saturated rings. The van der Waals surface area contributed by atoms with Gasteiger partial charge in [-0.2, -0.15) is 0 Å². The first-order valence-electron chi connectivity index (χ1n) is 7.20. The average molecular weight is 288 g/mol. The molecule has 0 heterocycles. The minimum atomic E-state index is -0.884. The Morgan fingerprint density at radius 3 is 2.05 bits per heavy atom. The Balaban J connectivity index is 2.10. The van der Waals surface area contributed by atoms with Crippen LogP contribution in [0.5, 0.6) is 0 Å². The van der Waals surface area contributed by atoms with E-state index in [0.29, 0.717) is 12.0 Å². The first-order valence-corrected chi connectivity index (χ1v) is 7.20. The molecule has 108 valence electrons. The van der Waals surface area contributed by atoms with Crippen LogP contribution < -0.4 is 0 Å². The zero-order chi connectivity index (χ0) is 15.4. The van der Waals surface area contributed by atoms with Gasteiger partial charge in [0.05, 0.1) is 5.56 Å². The van der Waals surface area contributed by atoms with Gasteiger partial charge >= 0.3 is 5.97 Å². The third-order valence-electron chi connectivity index (χ3n) is 3.69. The predicted molar refractivity (Wildman–Crippen MR) is 88.1 cm³/mol. The van der Waals surface area contributed by atoms with Crippen molar-refractivity contribution >= 4 is 5.97 Å². The Labute approximate surface area is 129 Å². The summed E-state index contributed by atoms with van der Waals surface area (Å²) >= 11 is 0. The second-order valence-corrected chi connectivity index (χ2v) is 5.17. The van der Waals surface area contributed by atoms with E-state index in [0.717, 1.165) is 22.3 Å². The molecule has 0 aromatic heterocycles. The zero-order valence-electron chi connectivity index (χ0n) is 12.1. The van der Waals surface area contributed by atoms with Gasteiger partial charge in [-0.25, -0.2) is 4.79 Å². The molecule has 1 N–H and O–H groups in total. The fraction of sp³-hybridized carbons (Fsp3) is 0.0500. The first-order chi connectivity index (χ1) is 10.8. The number of hydrogen-bond acceptors (Lipinski definition) is 1. The number of carboxylic acid groups (broad SMARTS) is 1. The van der Waals surface area contributed by atoms with Crippen LogP contribution in [-0.2, 0) is 6.42 Å². The molecule has 0 aliphatic carbocycles. The summed E-state index contributed by atoms with van der Waals surface area (Å²) in [6.45, 7) is 0. The Morgan fingerprint density at radius 1 is 0.773 bits per heavy atom. The van der Waals surface area contributed by atoms with E-state index in [2.05, 4.69) is 0 Å². The number of aromatic carboxylic acids is 1. The van der Waals surface area contributed by atoms with Crippen molar-refractivity contribution in [3.05, 3.63) is 95.6 Å². The summed E-state index contributed by atoms with van der Waals surface area (Å²) in [7, 11) is 0. The number of hydrogen-bond donors (Lipinski definition) is 1. The lowest BCUT2D eigenvalue weighted by Crippen LogP contribution is -2.05. The van der Waals surface area contributed by atoms with Gasteiger partial charge in [0, 0.05) is 0 Å². The third-order valence-corrected chi connectivity index (χ3v) is 3.69. The Bertz CT molecular complexity index is 777. The molecule has 0 amide bonds. The molecule has 0 atom stereocenters. The largest absolute Gasteiger partial charge is 0.478 e. The normalized spacial score (nSPS) is 10.4. The summed E-state index contributed by atoms with van der Waals surface area (Å²) in [5.41, 5.74) is 4.02. The van der Waals surface area contributed by atoms with Crippen molar-refractivity contribution in [2.75, 3.05) is 0 Å². The lowest BCUT2D eigenvalue weighted by molar-refractivity contribution is 0.0696. The maximum atomic E-state index is 11.8. The summed E-state index contributed by atoms with van der Waals surface area (Å²) in [5, 5.41) is 9.69. The summed E-state index contributed by atoms with van der Waals surface area (Å²) in [5.74, 6) is -0.884. The van der Waals surface area contributed by atoms with Gasteiger partial charge in [-0.3, -0.25) is 0 Å². The van der Waals surface area contributed by atoms with E-state index in [1.54, 1.807) is 0 Å². The molecule has 0 bridgehead atoms. The van der Waals surface area contributed by atoms with Crippen molar-refractivity contribution in [3.8, 4) is 11.1 Å². The molecule has 2 nitrogen and oxygen atoms in total. The topological polar surface area (TPSA) is 37.3 Å². The molecule has 3 aromatic rings. The highest BCUT2D eigenvalue weighted by Crippen LogP contribution is 2.27. The van der Waals surface area contributed by atoms with E-state index < -0.39 is 5.97 Å². The summed E-state index contributed by atoms with van der Waals surface area (Å²) < 4.78 is 0. The number of benzene rings is 3. The van der Waals surface area contributed by atoms with Gasteiger partial charge in [0.2, 0.25) is 0 Å². The van der Waals surface area contributed by atoms with Crippen molar-refractivity contribution in [1.82, 2.24) is 0 Å². The van der Waals surface area contributed by atoms with E-state index in [9.17, 15) is 9.90 Å². The van der Waals surface area contributed by atoms with Crippen LogP contribution in [0.15, 0.2) is 78.9 Å². The smallest absolute Gasteiger partial charge is 0.336 e. The van der Waals surface area contributed by atoms with Crippen LogP contribution in [0.2, 0.25) is 0 Å². The number of carboxylic acids is 1. The Hall–Kier alpha value is -2.87. The highest BCUT2D eigenvalue weighted by atomic mass is 16.4. The van der Waals surface area contributed by atoms with Gasteiger partial charge in [-0.1, -0.05) is 78.9 Å². The molecule has 0 radical (unpaired) electrons. The van der Waals surface area contributed by atoms with E-state index >= 15 is 0 Å². The van der Waals surface area contributed by atoms with Gasteiger partial charge in [-0.05, 0) is 28.7 Å². The van der Waals surface area contributed by atoms with Gasteiger partial charge < -0.3 is 5.11 Å². The lowest BCUT2D eigenvalue weighted by atomic mass is 9.92. The summed E-state index contributed by atoms with van der Waals surface area (Å²) in [6, 6.07) is 25.3. The van der Waals surface area contributed by atoms with Crippen LogP contribution in [0.3, 0.4) is 0 Å². The molecule has 0 unspecified atom stereocenters. The maximum Gasteiger partial charge on any atom is 0.336 e. The van der Waals surface area contributed by atoms with E-state index in [-0.39, 0.29) is 0 Å². The Kier molecular flexibility index (Phi) is 4.01. The van der Waals surface area contributed by atoms with Crippen LogP contribution in [0.4, 0.5) is 0 Å². The Morgan fingerprint density at radius 2 is 1.41 bits per heavy atom. The fourth-order valence-electron chi connectivity index (χ4n) is 2.67. The average Bonchev–Trinajstić information content (AvgIpc) is 2.56. The monoisotopic (exact) mass is 288 g/mol. The van der Waals surface area contributed by atoms with Crippen molar-refractivity contribution in [3.63, 3.8) is 0 Å². The van der Waals surface area contributed by atoms with E-state index in [1.807, 2.05) is 78.9 Å². The molecule has 0 aliphatic heterocycles. The van der Waals surface area contributed by atoms with Crippen molar-refractivity contribution in [1.29, 1.82) is 0 Å². The highest BCUT2D eigenvalue weighted by Gasteiger charge is 2.16. The molecule has 0 saturated heterocycles. The minimum absolute atomic E-state index is 0.387. The molecule has 0 aliphatic rings. The lowest BCUT2D eigenvalue weighted by Gasteiger charge is -2.12. The van der Waals surface area contributed by atoms with Crippen LogP contribution in [-0.4, -0.2) is 11.1 Å². The SMILES string of the molecule is O=C(O)c1c(Cc2ccccc2)cccc1-c1ccccc1. The highest BCUT2D eigenvalue weighted by molar-refractivity contribution is 5.97. The summed E-state index contributed by atoms with van der Waals surface area (Å²) in [4.78, 5) is 11.8. The third kappa shape index (κ3) is 2.91. The molecular formula is C20H16O2. The van der Waals surface area contributed by atoms with Crippen LogP contribution in [0.1, 0.15) is 21.5 Å². The van der Waals surface area contributed by atoms with Gasteiger partial charge in [0.1, 0.15) is 0 Å². The second kappa shape index (κ2) is 6.27. The number of rotatable bonds is 4. The second-order valence-electron chi connectivity index (χ2n) is 5.17. The molecule has 3 aromatic carbocycles. The molecule has 0 spiro atoms. The zero-order valence-corrected chi connectivity index (χ0v) is 12.1. The van der Waals surface area contributed by atoms with Crippen molar-refractivity contribution in [2.45, 2.75) is 6.42 Å². The molecule has 3 rings (SSSR count). The van der Waals surface area contributed by atoms with E-state index in [4.69, 9.17) is 0 Å². The molecule has 0 saturated carbocycles. The van der Waals surface area contributed by atoms with Crippen molar-refractivity contribution in [2.24, 2.45) is 0 Å². The summed E-state index contributed by atoms with van der Waals surface area (Å²) in [6.07, 6.45) is 0.614. The molecular weight excluding hydrogens is 272 g/mol. The predicted octanol–water partition coefficient (Wildman–Crippen LogP) is 4.64. The maximum absolute atomic E-state index is 11.8. The van der Waals surface area contributed by atoms with Crippen LogP contribution in [0, 0.1) is 0 Å². The molecule has 2 heteroatoms. The quantitative estimate of drug-likeness (QED) is 0.759. The van der Waals surface area contributed by atoms with Crippen molar-refractivity contribution < 1.29 is 9.90 Å². The fourth-order valence-corrected chi connectivity index (χ4v) is 2.67. The van der Waals surface area contributed by atoms with Crippen LogP contribution >= 0.6 is 0 Å². The standard InChI is InChI=1S/C20H16O2/c21-20(22)19-17(14-15-8-3-1-4-9-15)12-7-13-18(19)16-10-5-2-6-11-16/h1-13H,14H2,(H,21,22). The van der Waals surface area contributed by atoms with E-state index in [1.165, 1.54) is 0 Å².